The minimum Gasteiger partial charge on any atom is -0.395 e. The van der Waals surface area contributed by atoms with E-state index in [0.717, 1.165) is 31.6 Å². The van der Waals surface area contributed by atoms with Crippen LogP contribution in [-0.4, -0.2) is 34.1 Å². The number of anilines is 1. The van der Waals surface area contributed by atoms with E-state index in [4.69, 9.17) is 5.73 Å². The Morgan fingerprint density at radius 3 is 2.40 bits per heavy atom. The second-order valence-corrected chi connectivity index (χ2v) is 6.46. The van der Waals surface area contributed by atoms with Crippen LogP contribution in [0.2, 0.25) is 0 Å². The third-order valence-corrected chi connectivity index (χ3v) is 5.22. The van der Waals surface area contributed by atoms with Gasteiger partial charge in [-0.2, -0.15) is 5.10 Å². The van der Waals surface area contributed by atoms with Crippen LogP contribution in [0.5, 0.6) is 0 Å². The zero-order valence-electron chi connectivity index (χ0n) is 12.2. The van der Waals surface area contributed by atoms with Gasteiger partial charge in [0.2, 0.25) is 0 Å². The van der Waals surface area contributed by atoms with Gasteiger partial charge in [0.25, 0.3) is 5.91 Å². The highest BCUT2D eigenvalue weighted by Gasteiger charge is 2.37. The summed E-state index contributed by atoms with van der Waals surface area (Å²) in [6, 6.07) is 0. The highest BCUT2D eigenvalue weighted by Crippen LogP contribution is 2.44. The number of H-pyrrole nitrogens is 1. The van der Waals surface area contributed by atoms with Crippen molar-refractivity contribution in [3.63, 3.8) is 0 Å². The molecule has 0 atom stereocenters. The van der Waals surface area contributed by atoms with Crippen LogP contribution in [0, 0.1) is 12.3 Å². The number of aryl methyl sites for hydroxylation is 1. The minimum absolute atomic E-state index is 0.0162. The number of aromatic amines is 1. The molecule has 3 N–H and O–H groups in total. The smallest absolute Gasteiger partial charge is 0.276 e. The summed E-state index contributed by atoms with van der Waals surface area (Å²) in [5, 5.41) is 6.84. The molecule has 0 radical (unpaired) electrons. The van der Waals surface area contributed by atoms with E-state index >= 15 is 0 Å². The number of aromatic nitrogens is 2. The fourth-order valence-electron chi connectivity index (χ4n) is 3.74. The monoisotopic (exact) mass is 276 g/mol. The zero-order valence-corrected chi connectivity index (χ0v) is 12.2. The molecule has 0 aromatic carbocycles. The van der Waals surface area contributed by atoms with Crippen molar-refractivity contribution in [2.45, 2.75) is 51.9 Å². The summed E-state index contributed by atoms with van der Waals surface area (Å²) >= 11 is 0. The molecule has 1 saturated carbocycles. The lowest BCUT2D eigenvalue weighted by molar-refractivity contribution is 0.0468. The van der Waals surface area contributed by atoms with E-state index in [0.29, 0.717) is 16.8 Å². The Bertz CT molecular complexity index is 492. The van der Waals surface area contributed by atoms with E-state index in [1.807, 2.05) is 11.8 Å². The number of hydrogen-bond acceptors (Lipinski definition) is 3. The summed E-state index contributed by atoms with van der Waals surface area (Å²) in [5.41, 5.74) is 8.08. The molecule has 5 nitrogen and oxygen atoms in total. The number of rotatable bonds is 1. The van der Waals surface area contributed by atoms with Crippen LogP contribution in [0.4, 0.5) is 5.69 Å². The Balaban J connectivity index is 1.66. The number of nitrogens with zero attached hydrogens (tertiary/aromatic N) is 2. The van der Waals surface area contributed by atoms with Crippen molar-refractivity contribution < 1.29 is 4.79 Å². The van der Waals surface area contributed by atoms with Gasteiger partial charge in [-0.3, -0.25) is 9.89 Å². The van der Waals surface area contributed by atoms with Crippen LogP contribution in [0.25, 0.3) is 0 Å². The number of likely N-dealkylation sites (tertiary alicyclic amines) is 1. The van der Waals surface area contributed by atoms with Gasteiger partial charge in [0, 0.05) is 13.1 Å². The van der Waals surface area contributed by atoms with E-state index < -0.39 is 0 Å². The van der Waals surface area contributed by atoms with Crippen molar-refractivity contribution in [1.29, 1.82) is 0 Å². The predicted molar refractivity (Wildman–Crippen MR) is 78.4 cm³/mol. The molecule has 2 heterocycles. The Hall–Kier alpha value is -1.52. The largest absolute Gasteiger partial charge is 0.395 e. The highest BCUT2D eigenvalue weighted by molar-refractivity contribution is 5.97. The Morgan fingerprint density at radius 1 is 1.20 bits per heavy atom. The summed E-state index contributed by atoms with van der Waals surface area (Å²) in [7, 11) is 0. The van der Waals surface area contributed by atoms with E-state index in [-0.39, 0.29) is 5.91 Å². The van der Waals surface area contributed by atoms with Gasteiger partial charge in [0.05, 0.1) is 11.4 Å². The average molecular weight is 276 g/mol. The Morgan fingerprint density at radius 2 is 1.85 bits per heavy atom. The van der Waals surface area contributed by atoms with Crippen molar-refractivity contribution in [2.75, 3.05) is 18.8 Å². The van der Waals surface area contributed by atoms with Gasteiger partial charge in [-0.25, -0.2) is 0 Å². The molecule has 2 aliphatic rings. The molecule has 20 heavy (non-hydrogen) atoms. The fourth-order valence-corrected chi connectivity index (χ4v) is 3.74. The van der Waals surface area contributed by atoms with Gasteiger partial charge in [0.1, 0.15) is 0 Å². The summed E-state index contributed by atoms with van der Waals surface area (Å²) in [6.45, 7) is 3.54. The number of nitrogens with two attached hydrogens (primary N) is 1. The molecule has 1 aromatic heterocycles. The first-order valence-electron chi connectivity index (χ1n) is 7.71. The number of nitrogens with one attached hydrogen (secondary N) is 1. The van der Waals surface area contributed by atoms with Crippen LogP contribution < -0.4 is 5.73 Å². The number of hydrogen-bond donors (Lipinski definition) is 2. The number of carbonyl (C=O) groups excluding carboxylic acids is 1. The highest BCUT2D eigenvalue weighted by atomic mass is 16.2. The molecule has 0 bridgehead atoms. The number of nitrogen functional groups attached to an aromatic ring is 1. The lowest BCUT2D eigenvalue weighted by atomic mass is 9.68. The first-order chi connectivity index (χ1) is 9.61. The molecule has 1 aliphatic carbocycles. The fraction of sp³-hybridized carbons (Fsp3) is 0.733. The van der Waals surface area contributed by atoms with Crippen LogP contribution in [-0.2, 0) is 0 Å². The van der Waals surface area contributed by atoms with Crippen LogP contribution in [0.15, 0.2) is 0 Å². The molecule has 5 heteroatoms. The minimum atomic E-state index is -0.0162. The predicted octanol–water partition coefficient (Wildman–Crippen LogP) is 2.49. The quantitative estimate of drug-likeness (QED) is 0.827. The topological polar surface area (TPSA) is 75.0 Å². The van der Waals surface area contributed by atoms with Crippen molar-refractivity contribution in [1.82, 2.24) is 15.1 Å². The summed E-state index contributed by atoms with van der Waals surface area (Å²) in [5.74, 6) is -0.0162. The van der Waals surface area contributed by atoms with Crippen molar-refractivity contribution in [3.05, 3.63) is 11.4 Å². The molecule has 1 amide bonds. The zero-order chi connectivity index (χ0) is 14.2. The van der Waals surface area contributed by atoms with Gasteiger partial charge in [-0.15, -0.1) is 0 Å². The first-order valence-corrected chi connectivity index (χ1v) is 7.71. The lowest BCUT2D eigenvalue weighted by Gasteiger charge is -2.44. The average Bonchev–Trinajstić information content (AvgIpc) is 2.80. The van der Waals surface area contributed by atoms with Gasteiger partial charge in [0.15, 0.2) is 5.69 Å². The van der Waals surface area contributed by atoms with Crippen molar-refractivity contribution >= 4 is 11.6 Å². The first kappa shape index (κ1) is 13.5. The second-order valence-electron chi connectivity index (χ2n) is 6.46. The summed E-state index contributed by atoms with van der Waals surface area (Å²) < 4.78 is 0. The number of piperidine rings is 1. The molecule has 3 rings (SSSR count). The van der Waals surface area contributed by atoms with Gasteiger partial charge >= 0.3 is 0 Å². The third-order valence-electron chi connectivity index (χ3n) is 5.22. The molecular weight excluding hydrogens is 252 g/mol. The van der Waals surface area contributed by atoms with Gasteiger partial charge in [-0.1, -0.05) is 19.3 Å². The third kappa shape index (κ3) is 2.30. The molecule has 1 aliphatic heterocycles. The van der Waals surface area contributed by atoms with Crippen molar-refractivity contribution in [3.8, 4) is 0 Å². The van der Waals surface area contributed by atoms with Crippen LogP contribution in [0.1, 0.15) is 61.1 Å². The van der Waals surface area contributed by atoms with Crippen LogP contribution >= 0.6 is 0 Å². The van der Waals surface area contributed by atoms with E-state index in [1.54, 1.807) is 0 Å². The molecule has 1 saturated heterocycles. The Labute approximate surface area is 119 Å². The Kier molecular flexibility index (Phi) is 3.44. The molecule has 1 spiro atoms. The molecule has 110 valence electrons. The normalized spacial score (nSPS) is 22.1. The van der Waals surface area contributed by atoms with E-state index in [2.05, 4.69) is 10.2 Å². The van der Waals surface area contributed by atoms with E-state index in [9.17, 15) is 4.79 Å². The summed E-state index contributed by atoms with van der Waals surface area (Å²) in [4.78, 5) is 14.4. The molecular formula is C15H24N4O. The summed E-state index contributed by atoms with van der Waals surface area (Å²) in [6.07, 6.45) is 9.08. The molecule has 1 aromatic rings. The lowest BCUT2D eigenvalue weighted by Crippen LogP contribution is -2.44. The van der Waals surface area contributed by atoms with Gasteiger partial charge in [-0.05, 0) is 38.0 Å². The van der Waals surface area contributed by atoms with Crippen LogP contribution in [0.3, 0.4) is 0 Å². The molecule has 2 fully saturated rings. The second kappa shape index (κ2) is 5.11. The number of amides is 1. The maximum atomic E-state index is 12.5. The SMILES string of the molecule is Cc1[nH]nc(C(=O)N2CCC3(CCCCC3)CC2)c1N. The molecule has 0 unspecified atom stereocenters. The maximum Gasteiger partial charge on any atom is 0.276 e. The van der Waals surface area contributed by atoms with E-state index in [1.165, 1.54) is 32.1 Å². The maximum absolute atomic E-state index is 12.5. The van der Waals surface area contributed by atoms with Gasteiger partial charge < -0.3 is 10.6 Å². The van der Waals surface area contributed by atoms with Crippen molar-refractivity contribution in [2.24, 2.45) is 5.41 Å². The number of carbonyl (C=O) groups is 1. The standard InChI is InChI=1S/C15H24N4O/c1-11-12(16)13(18-17-11)14(20)19-9-7-15(8-10-19)5-3-2-4-6-15/h2-10,16H2,1H3,(H,17,18).